The Labute approximate surface area is 176 Å². The number of anilines is 1. The van der Waals surface area contributed by atoms with Gasteiger partial charge in [0.1, 0.15) is 11.3 Å². The molecule has 4 rings (SSSR count). The number of hydrogen-bond donors (Lipinski definition) is 2. The summed E-state index contributed by atoms with van der Waals surface area (Å²) in [6.45, 7) is 5.33. The number of nitrogens with two attached hydrogens (primary N) is 1. The zero-order chi connectivity index (χ0) is 21.1. The molecule has 1 amide bonds. The van der Waals surface area contributed by atoms with Gasteiger partial charge in [-0.2, -0.15) is 0 Å². The molecule has 3 N–H and O–H groups in total. The number of para-hydroxylation sites is 1. The Kier molecular flexibility index (Phi) is 5.65. The summed E-state index contributed by atoms with van der Waals surface area (Å²) in [7, 11) is 0. The number of amides is 1. The Hall–Kier alpha value is -3.41. The Morgan fingerprint density at radius 2 is 1.80 bits per heavy atom. The summed E-state index contributed by atoms with van der Waals surface area (Å²) in [6.07, 6.45) is 2.55. The number of carbonyl (C=O) groups excluding carboxylic acids is 1. The first-order chi connectivity index (χ1) is 14.6. The fourth-order valence-electron chi connectivity index (χ4n) is 3.74. The second-order valence-corrected chi connectivity index (χ2v) is 7.65. The molecule has 0 unspecified atom stereocenters. The van der Waals surface area contributed by atoms with Gasteiger partial charge in [-0.05, 0) is 30.5 Å². The van der Waals surface area contributed by atoms with Crippen molar-refractivity contribution in [3.05, 3.63) is 65.5 Å². The minimum Gasteiger partial charge on any atom is -0.382 e. The molecule has 0 spiro atoms. The second-order valence-electron chi connectivity index (χ2n) is 7.65. The summed E-state index contributed by atoms with van der Waals surface area (Å²) in [5.74, 6) is 1.47. The van der Waals surface area contributed by atoms with Crippen molar-refractivity contribution in [1.29, 1.82) is 0 Å². The summed E-state index contributed by atoms with van der Waals surface area (Å²) < 4.78 is 2.19. The Morgan fingerprint density at radius 3 is 2.57 bits per heavy atom. The van der Waals surface area contributed by atoms with Crippen LogP contribution in [0.2, 0.25) is 0 Å². The van der Waals surface area contributed by atoms with Crippen LogP contribution in [0.1, 0.15) is 43.1 Å². The van der Waals surface area contributed by atoms with E-state index in [1.807, 2.05) is 25.1 Å². The van der Waals surface area contributed by atoms with E-state index in [1.165, 1.54) is 0 Å². The molecule has 4 aromatic rings. The van der Waals surface area contributed by atoms with E-state index < -0.39 is 0 Å². The number of aryl methyl sites for hydroxylation is 1. The summed E-state index contributed by atoms with van der Waals surface area (Å²) in [5.41, 5.74) is 11.1. The fraction of sp³-hybridized carbons (Fsp3) is 0.292. The SMILES string of the molecule is CCCCC(=O)NCc1ccc(Cn2c(C)nc3c(N)nc4ccccc4c32)cc1. The number of aromatic nitrogens is 3. The first-order valence-electron chi connectivity index (χ1n) is 10.4. The average molecular weight is 402 g/mol. The summed E-state index contributed by atoms with van der Waals surface area (Å²) >= 11 is 0. The maximum atomic E-state index is 11.8. The molecule has 0 fully saturated rings. The lowest BCUT2D eigenvalue weighted by Crippen LogP contribution is -2.22. The third kappa shape index (κ3) is 3.99. The van der Waals surface area contributed by atoms with Crippen LogP contribution in [-0.4, -0.2) is 20.4 Å². The fourth-order valence-corrected chi connectivity index (χ4v) is 3.74. The van der Waals surface area contributed by atoms with E-state index in [1.54, 1.807) is 0 Å². The molecular weight excluding hydrogens is 374 g/mol. The maximum Gasteiger partial charge on any atom is 0.220 e. The molecule has 0 saturated carbocycles. The molecule has 154 valence electrons. The van der Waals surface area contributed by atoms with Gasteiger partial charge in [-0.1, -0.05) is 55.8 Å². The smallest absolute Gasteiger partial charge is 0.220 e. The molecule has 6 heteroatoms. The van der Waals surface area contributed by atoms with E-state index >= 15 is 0 Å². The number of benzene rings is 2. The van der Waals surface area contributed by atoms with Gasteiger partial charge in [-0.25, -0.2) is 9.97 Å². The van der Waals surface area contributed by atoms with Crippen LogP contribution in [0.15, 0.2) is 48.5 Å². The molecule has 0 aliphatic carbocycles. The number of fused-ring (bicyclic) bond motifs is 3. The van der Waals surface area contributed by atoms with Gasteiger partial charge in [0.15, 0.2) is 5.82 Å². The molecule has 0 aliphatic rings. The van der Waals surface area contributed by atoms with Crippen LogP contribution in [0.3, 0.4) is 0 Å². The lowest BCUT2D eigenvalue weighted by molar-refractivity contribution is -0.121. The third-order valence-electron chi connectivity index (χ3n) is 5.41. The van der Waals surface area contributed by atoms with Crippen LogP contribution < -0.4 is 11.1 Å². The van der Waals surface area contributed by atoms with E-state index in [-0.39, 0.29) is 5.91 Å². The molecule has 6 nitrogen and oxygen atoms in total. The number of carbonyl (C=O) groups is 1. The van der Waals surface area contributed by atoms with E-state index in [0.717, 1.165) is 51.7 Å². The van der Waals surface area contributed by atoms with Crippen LogP contribution >= 0.6 is 0 Å². The van der Waals surface area contributed by atoms with Crippen molar-refractivity contribution in [1.82, 2.24) is 19.9 Å². The third-order valence-corrected chi connectivity index (χ3v) is 5.41. The molecule has 0 aliphatic heterocycles. The predicted octanol–water partition coefficient (Wildman–Crippen LogP) is 4.33. The Morgan fingerprint density at radius 1 is 1.07 bits per heavy atom. The molecule has 0 bridgehead atoms. The lowest BCUT2D eigenvalue weighted by Gasteiger charge is -2.11. The Balaban J connectivity index is 1.57. The van der Waals surface area contributed by atoms with Gasteiger partial charge >= 0.3 is 0 Å². The highest BCUT2D eigenvalue weighted by Gasteiger charge is 2.15. The number of nitrogens with zero attached hydrogens (tertiary/aromatic N) is 3. The van der Waals surface area contributed by atoms with Gasteiger partial charge in [0, 0.05) is 24.9 Å². The molecular formula is C24H27N5O. The largest absolute Gasteiger partial charge is 0.382 e. The monoisotopic (exact) mass is 401 g/mol. The number of unbranched alkanes of at least 4 members (excludes halogenated alkanes) is 1. The summed E-state index contributed by atoms with van der Waals surface area (Å²) in [4.78, 5) is 21.0. The van der Waals surface area contributed by atoms with E-state index in [4.69, 9.17) is 5.73 Å². The molecule has 2 aromatic heterocycles. The highest BCUT2D eigenvalue weighted by atomic mass is 16.1. The highest BCUT2D eigenvalue weighted by molar-refractivity contribution is 6.06. The first-order valence-corrected chi connectivity index (χ1v) is 10.4. The highest BCUT2D eigenvalue weighted by Crippen LogP contribution is 2.29. The summed E-state index contributed by atoms with van der Waals surface area (Å²) in [6, 6.07) is 16.4. The topological polar surface area (TPSA) is 85.8 Å². The van der Waals surface area contributed by atoms with Crippen molar-refractivity contribution < 1.29 is 4.79 Å². The van der Waals surface area contributed by atoms with Crippen molar-refractivity contribution in [2.75, 3.05) is 5.73 Å². The van der Waals surface area contributed by atoms with Crippen molar-refractivity contribution in [2.24, 2.45) is 0 Å². The number of pyridine rings is 1. The van der Waals surface area contributed by atoms with Gasteiger partial charge < -0.3 is 15.6 Å². The molecule has 2 heterocycles. The Bertz CT molecular complexity index is 1190. The van der Waals surface area contributed by atoms with Gasteiger partial charge in [0.05, 0.1) is 11.0 Å². The molecule has 2 aromatic carbocycles. The van der Waals surface area contributed by atoms with Crippen LogP contribution in [0.5, 0.6) is 0 Å². The zero-order valence-corrected chi connectivity index (χ0v) is 17.5. The molecule has 30 heavy (non-hydrogen) atoms. The van der Waals surface area contributed by atoms with Gasteiger partial charge in [-0.15, -0.1) is 0 Å². The van der Waals surface area contributed by atoms with Crippen molar-refractivity contribution in [3.8, 4) is 0 Å². The normalized spacial score (nSPS) is 11.3. The number of nitrogens with one attached hydrogen (secondary N) is 1. The number of hydrogen-bond acceptors (Lipinski definition) is 4. The second kappa shape index (κ2) is 8.53. The van der Waals surface area contributed by atoms with Crippen molar-refractivity contribution >= 4 is 33.7 Å². The minimum absolute atomic E-state index is 0.111. The van der Waals surface area contributed by atoms with Crippen molar-refractivity contribution in [2.45, 2.75) is 46.2 Å². The molecule has 0 radical (unpaired) electrons. The first kappa shape index (κ1) is 19.9. The quantitative estimate of drug-likeness (QED) is 0.483. The van der Waals surface area contributed by atoms with Crippen molar-refractivity contribution in [3.63, 3.8) is 0 Å². The van der Waals surface area contributed by atoms with E-state index in [2.05, 4.69) is 57.1 Å². The lowest BCUT2D eigenvalue weighted by atomic mass is 10.1. The van der Waals surface area contributed by atoms with Gasteiger partial charge in [-0.3, -0.25) is 4.79 Å². The van der Waals surface area contributed by atoms with Crippen LogP contribution in [0.25, 0.3) is 21.9 Å². The average Bonchev–Trinajstić information content (AvgIpc) is 3.09. The van der Waals surface area contributed by atoms with Crippen LogP contribution in [0.4, 0.5) is 5.82 Å². The standard InChI is InChI=1S/C24H27N5O/c1-3-4-9-21(30)26-14-17-10-12-18(13-11-17)15-29-16(2)27-22-23(29)19-7-5-6-8-20(19)28-24(22)25/h5-8,10-13H,3-4,9,14-15H2,1-2H3,(H2,25,28)(H,26,30). The predicted molar refractivity (Wildman–Crippen MR) is 121 cm³/mol. The van der Waals surface area contributed by atoms with E-state index in [9.17, 15) is 4.79 Å². The van der Waals surface area contributed by atoms with E-state index in [0.29, 0.717) is 25.3 Å². The number of imidazole rings is 1. The number of nitrogen functional groups attached to an aromatic ring is 1. The zero-order valence-electron chi connectivity index (χ0n) is 17.5. The molecule has 0 atom stereocenters. The van der Waals surface area contributed by atoms with Gasteiger partial charge in [0.25, 0.3) is 0 Å². The maximum absolute atomic E-state index is 11.8. The number of rotatable bonds is 7. The van der Waals surface area contributed by atoms with Crippen LogP contribution in [-0.2, 0) is 17.9 Å². The minimum atomic E-state index is 0.111. The van der Waals surface area contributed by atoms with Gasteiger partial charge in [0.2, 0.25) is 5.91 Å². The summed E-state index contributed by atoms with van der Waals surface area (Å²) in [5, 5.41) is 4.03. The van der Waals surface area contributed by atoms with Crippen LogP contribution in [0, 0.1) is 6.92 Å². The molecule has 0 saturated heterocycles.